The Balaban J connectivity index is 1.15. The van der Waals surface area contributed by atoms with Crippen molar-refractivity contribution in [1.29, 1.82) is 0 Å². The number of imidazole rings is 2. The highest BCUT2D eigenvalue weighted by atomic mass is 16.5. The van der Waals surface area contributed by atoms with Crippen molar-refractivity contribution in [3.63, 3.8) is 0 Å². The van der Waals surface area contributed by atoms with Crippen LogP contribution in [0.3, 0.4) is 0 Å². The molecule has 0 unspecified atom stereocenters. The van der Waals surface area contributed by atoms with Gasteiger partial charge >= 0.3 is 11.9 Å². The maximum atomic E-state index is 12.6. The van der Waals surface area contributed by atoms with Crippen molar-refractivity contribution in [3.05, 3.63) is 70.8 Å². The number of benzene rings is 1. The minimum absolute atomic E-state index is 0.0218. The molecule has 1 aliphatic carbocycles. The molecule has 2 saturated heterocycles. The van der Waals surface area contributed by atoms with Crippen molar-refractivity contribution in [3.8, 4) is 0 Å². The molecule has 2 aromatic heterocycles. The number of hydrogen-bond acceptors (Lipinski definition) is 9. The van der Waals surface area contributed by atoms with Gasteiger partial charge in [0, 0.05) is 19.1 Å². The zero-order chi connectivity index (χ0) is 34.4. The molecule has 0 atom stereocenters. The number of aryl methyl sites for hydroxylation is 2. The Hall–Kier alpha value is -3.70. The minimum atomic E-state index is -0.342. The third-order valence-electron chi connectivity index (χ3n) is 10.7. The maximum absolute atomic E-state index is 12.6. The van der Waals surface area contributed by atoms with Gasteiger partial charge in [0.15, 0.2) is 0 Å². The molecule has 3 aromatic rings. The molecule has 3 aliphatic rings. The minimum Gasteiger partial charge on any atom is -0.466 e. The van der Waals surface area contributed by atoms with E-state index in [1.165, 1.54) is 83.1 Å². The highest BCUT2D eigenvalue weighted by Crippen LogP contribution is 2.42. The second-order valence-electron chi connectivity index (χ2n) is 14.4. The summed E-state index contributed by atoms with van der Waals surface area (Å²) >= 11 is 0. The van der Waals surface area contributed by atoms with Crippen LogP contribution >= 0.6 is 0 Å². The number of carbonyl (C=O) groups is 2. The van der Waals surface area contributed by atoms with Gasteiger partial charge in [0.2, 0.25) is 0 Å². The molecule has 0 radical (unpaired) electrons. The van der Waals surface area contributed by atoms with E-state index in [1.54, 1.807) is 13.8 Å². The van der Waals surface area contributed by atoms with Gasteiger partial charge in [-0.2, -0.15) is 0 Å². The SMILES string of the molecule is CCOC(=O)Cc1nc(C)cn1N(Cc1ccc(CN2CCC3(CCN(C4CCCCC4)CC3)C2)cc1)n1cc(C)nc1CC(=O)OCC. The van der Waals surface area contributed by atoms with Crippen molar-refractivity contribution in [2.24, 2.45) is 5.41 Å². The molecule has 0 N–H and O–H groups in total. The number of ether oxygens (including phenoxy) is 2. The standard InChI is InChI=1S/C38H55N7O4/c1-5-48-36(46)22-34-39-29(3)24-43(34)45(44-25-30(4)40-35(44)23-37(47)49-6-2)27-32-14-12-31(13-15-32)26-41-19-16-38(28-41)17-20-42(21-18-38)33-10-8-7-9-11-33/h12-15,24-25,33H,5-11,16-23,26-28H2,1-4H3. The highest BCUT2D eigenvalue weighted by molar-refractivity contribution is 5.72. The summed E-state index contributed by atoms with van der Waals surface area (Å²) in [6.45, 7) is 14.4. The van der Waals surface area contributed by atoms with Gasteiger partial charge in [0.25, 0.3) is 0 Å². The quantitative estimate of drug-likeness (QED) is 0.229. The Morgan fingerprint density at radius 1 is 0.796 bits per heavy atom. The molecular weight excluding hydrogens is 618 g/mol. The van der Waals surface area contributed by atoms with Gasteiger partial charge in [0.1, 0.15) is 24.5 Å². The van der Waals surface area contributed by atoms with Crippen LogP contribution in [0.5, 0.6) is 0 Å². The molecule has 4 heterocycles. The first-order valence-electron chi connectivity index (χ1n) is 18.5. The van der Waals surface area contributed by atoms with E-state index in [2.05, 4.69) is 44.0 Å². The first kappa shape index (κ1) is 35.1. The van der Waals surface area contributed by atoms with Crippen LogP contribution in [0.2, 0.25) is 0 Å². The molecular formula is C38H55N7O4. The molecule has 3 fully saturated rings. The smallest absolute Gasteiger partial charge is 0.313 e. The second kappa shape index (κ2) is 15.9. The molecule has 0 amide bonds. The normalized spacial score (nSPS) is 18.6. The van der Waals surface area contributed by atoms with E-state index in [0.29, 0.717) is 36.8 Å². The summed E-state index contributed by atoms with van der Waals surface area (Å²) in [5.74, 6) is 0.415. The molecule has 11 heteroatoms. The third kappa shape index (κ3) is 8.73. The lowest BCUT2D eigenvalue weighted by molar-refractivity contribution is -0.143. The molecule has 2 aliphatic heterocycles. The topological polar surface area (TPSA) is 98.0 Å². The predicted octanol–water partition coefficient (Wildman–Crippen LogP) is 5.13. The average Bonchev–Trinajstić information content (AvgIpc) is 3.77. The Morgan fingerprint density at radius 3 is 1.88 bits per heavy atom. The van der Waals surface area contributed by atoms with E-state index >= 15 is 0 Å². The Morgan fingerprint density at radius 2 is 1.33 bits per heavy atom. The van der Waals surface area contributed by atoms with Crippen LogP contribution in [0.1, 0.15) is 99.4 Å². The van der Waals surface area contributed by atoms with Gasteiger partial charge in [-0.05, 0) is 96.0 Å². The van der Waals surface area contributed by atoms with Crippen LogP contribution in [-0.2, 0) is 45.0 Å². The first-order valence-corrected chi connectivity index (χ1v) is 18.5. The Bertz CT molecular complexity index is 1490. The molecule has 0 bridgehead atoms. The van der Waals surface area contributed by atoms with Gasteiger partial charge < -0.3 is 14.4 Å². The average molecular weight is 674 g/mol. The number of likely N-dealkylation sites (tertiary alicyclic amines) is 2. The summed E-state index contributed by atoms with van der Waals surface area (Å²) in [4.78, 5) is 39.9. The Labute approximate surface area is 291 Å². The highest BCUT2D eigenvalue weighted by Gasteiger charge is 2.41. The molecule has 1 spiro atoms. The van der Waals surface area contributed by atoms with Gasteiger partial charge in [-0.15, -0.1) is 0 Å². The second-order valence-corrected chi connectivity index (χ2v) is 14.4. The fraction of sp³-hybridized carbons (Fsp3) is 0.632. The van der Waals surface area contributed by atoms with Gasteiger partial charge in [-0.3, -0.25) is 14.5 Å². The summed E-state index contributed by atoms with van der Waals surface area (Å²) in [5.41, 5.74) is 4.42. The number of hydrogen-bond donors (Lipinski definition) is 0. The maximum Gasteiger partial charge on any atom is 0.313 e. The number of carbonyl (C=O) groups excluding carboxylic acids is 2. The summed E-state index contributed by atoms with van der Waals surface area (Å²) in [6, 6.07) is 9.67. The van der Waals surface area contributed by atoms with Crippen LogP contribution in [0, 0.1) is 19.3 Å². The third-order valence-corrected chi connectivity index (χ3v) is 10.7. The van der Waals surface area contributed by atoms with E-state index in [-0.39, 0.29) is 24.8 Å². The van der Waals surface area contributed by atoms with E-state index in [4.69, 9.17) is 9.47 Å². The number of esters is 2. The fourth-order valence-corrected chi connectivity index (χ4v) is 8.20. The van der Waals surface area contributed by atoms with Crippen LogP contribution < -0.4 is 5.12 Å². The predicted molar refractivity (Wildman–Crippen MR) is 188 cm³/mol. The Kier molecular flexibility index (Phi) is 11.4. The zero-order valence-electron chi connectivity index (χ0n) is 30.0. The molecule has 11 nitrogen and oxygen atoms in total. The van der Waals surface area contributed by atoms with E-state index < -0.39 is 0 Å². The first-order chi connectivity index (χ1) is 23.7. The van der Waals surface area contributed by atoms with E-state index in [1.807, 2.05) is 40.7 Å². The zero-order valence-corrected chi connectivity index (χ0v) is 30.0. The van der Waals surface area contributed by atoms with Gasteiger partial charge in [0.05, 0.1) is 43.5 Å². The van der Waals surface area contributed by atoms with E-state index in [0.717, 1.165) is 29.5 Å². The van der Waals surface area contributed by atoms with E-state index in [9.17, 15) is 9.59 Å². The van der Waals surface area contributed by atoms with Crippen LogP contribution in [0.15, 0.2) is 36.7 Å². The fourth-order valence-electron chi connectivity index (χ4n) is 8.20. The summed E-state index contributed by atoms with van der Waals surface area (Å²) in [6.07, 6.45) is 14.9. The lowest BCUT2D eigenvalue weighted by Gasteiger charge is -2.43. The van der Waals surface area contributed by atoms with Crippen molar-refractivity contribution < 1.29 is 19.1 Å². The van der Waals surface area contributed by atoms with Gasteiger partial charge in [-0.1, -0.05) is 43.5 Å². The van der Waals surface area contributed by atoms with Crippen LogP contribution in [-0.4, -0.2) is 86.5 Å². The van der Waals surface area contributed by atoms with Crippen molar-refractivity contribution in [2.75, 3.05) is 44.5 Å². The largest absolute Gasteiger partial charge is 0.466 e. The molecule has 49 heavy (non-hydrogen) atoms. The molecule has 266 valence electrons. The molecule has 6 rings (SSSR count). The molecule has 1 aromatic carbocycles. The van der Waals surface area contributed by atoms with Crippen molar-refractivity contribution in [1.82, 2.24) is 29.1 Å². The van der Waals surface area contributed by atoms with Crippen molar-refractivity contribution >= 4 is 11.9 Å². The lowest BCUT2D eigenvalue weighted by atomic mass is 9.77. The number of aromatic nitrogens is 4. The number of rotatable bonds is 13. The number of nitrogens with zero attached hydrogens (tertiary/aromatic N) is 7. The van der Waals surface area contributed by atoms with Crippen LogP contribution in [0.25, 0.3) is 0 Å². The lowest BCUT2D eigenvalue weighted by Crippen LogP contribution is -2.46. The summed E-state index contributed by atoms with van der Waals surface area (Å²) < 4.78 is 14.3. The number of piperidine rings is 1. The van der Waals surface area contributed by atoms with Crippen molar-refractivity contribution in [2.45, 2.75) is 111 Å². The summed E-state index contributed by atoms with van der Waals surface area (Å²) in [7, 11) is 0. The van der Waals surface area contributed by atoms with Gasteiger partial charge in [-0.25, -0.2) is 24.4 Å². The summed E-state index contributed by atoms with van der Waals surface area (Å²) in [5, 5.41) is 1.97. The van der Waals surface area contributed by atoms with Crippen LogP contribution in [0.4, 0.5) is 0 Å². The molecule has 1 saturated carbocycles. The monoisotopic (exact) mass is 673 g/mol.